The number of hydrogen-bond donors (Lipinski definition) is 0. The SMILES string of the molecule is N#CC(C#N)=c1nc(-c2ccc(F)cc2)/c(=c2\oc(=C(C#N)C#N)nc2-c2ccc(F)cc2)o1. The Morgan fingerprint density at radius 1 is 0.588 bits per heavy atom. The summed E-state index contributed by atoms with van der Waals surface area (Å²) in [7, 11) is 0. The van der Waals surface area contributed by atoms with E-state index in [-0.39, 0.29) is 33.3 Å². The van der Waals surface area contributed by atoms with E-state index in [1.807, 2.05) is 0 Å². The van der Waals surface area contributed by atoms with Gasteiger partial charge in [-0.2, -0.15) is 21.0 Å². The minimum Gasteiger partial charge on any atom is -0.431 e. The van der Waals surface area contributed by atoms with E-state index in [0.29, 0.717) is 11.1 Å². The number of hydrogen-bond acceptors (Lipinski definition) is 8. The number of oxazole rings is 2. The molecule has 0 saturated heterocycles. The lowest BCUT2D eigenvalue weighted by molar-refractivity contribution is 0.441. The minimum atomic E-state index is -0.508. The highest BCUT2D eigenvalue weighted by atomic mass is 19.1. The minimum absolute atomic E-state index is 0.0829. The Morgan fingerprint density at radius 3 is 1.21 bits per heavy atom. The standard InChI is InChI=1S/C24H8F2N6O2/c25-17-5-1-13(2-6-17)19-21(33-23(31-19)15(9-27)10-28)22-20(14-3-7-18(26)8-4-14)32-24(34-22)16(11-29)12-30/h1-8H/b22-21+. The van der Waals surface area contributed by atoms with E-state index in [1.54, 1.807) is 24.3 Å². The van der Waals surface area contributed by atoms with E-state index >= 15 is 0 Å². The van der Waals surface area contributed by atoms with Crippen molar-refractivity contribution in [2.24, 2.45) is 0 Å². The molecular formula is C24H8F2N6O2. The summed E-state index contributed by atoms with van der Waals surface area (Å²) < 4.78 is 38.4. The van der Waals surface area contributed by atoms with Crippen molar-refractivity contribution in [1.29, 1.82) is 21.0 Å². The lowest BCUT2D eigenvalue weighted by Crippen LogP contribution is -2.04. The predicted octanol–water partition coefficient (Wildman–Crippen LogP) is 2.96. The van der Waals surface area contributed by atoms with Crippen LogP contribution in [0.5, 0.6) is 0 Å². The molecule has 2 aromatic heterocycles. The molecule has 0 fully saturated rings. The van der Waals surface area contributed by atoms with E-state index in [0.717, 1.165) is 0 Å². The fourth-order valence-corrected chi connectivity index (χ4v) is 3.01. The quantitative estimate of drug-likeness (QED) is 0.453. The van der Waals surface area contributed by atoms with Gasteiger partial charge < -0.3 is 8.83 Å². The molecule has 4 aromatic rings. The summed E-state index contributed by atoms with van der Waals surface area (Å²) in [6, 6.07) is 17.0. The van der Waals surface area contributed by atoms with Gasteiger partial charge in [-0.3, -0.25) is 0 Å². The van der Waals surface area contributed by atoms with Crippen LogP contribution in [-0.2, 0) is 0 Å². The Kier molecular flexibility index (Phi) is 5.65. The van der Waals surface area contributed by atoms with E-state index < -0.39 is 22.8 Å². The molecule has 0 aliphatic heterocycles. The van der Waals surface area contributed by atoms with Crippen molar-refractivity contribution in [3.63, 3.8) is 0 Å². The molecule has 4 rings (SSSR count). The van der Waals surface area contributed by atoms with Crippen molar-refractivity contribution < 1.29 is 17.6 Å². The first-order chi connectivity index (χ1) is 16.5. The average molecular weight is 450 g/mol. The Morgan fingerprint density at radius 2 is 0.912 bits per heavy atom. The van der Waals surface area contributed by atoms with E-state index in [1.165, 1.54) is 48.5 Å². The van der Waals surface area contributed by atoms with Gasteiger partial charge in [0.2, 0.25) is 21.9 Å². The molecule has 160 valence electrons. The summed E-state index contributed by atoms with van der Waals surface area (Å²) in [4.78, 5) is 8.43. The molecule has 0 radical (unpaired) electrons. The molecule has 0 unspecified atom stereocenters. The molecule has 0 N–H and O–H groups in total. The van der Waals surface area contributed by atoms with E-state index in [2.05, 4.69) is 9.97 Å². The zero-order valence-electron chi connectivity index (χ0n) is 16.9. The van der Waals surface area contributed by atoms with Crippen LogP contribution in [0.3, 0.4) is 0 Å². The number of halogens is 2. The number of benzene rings is 2. The van der Waals surface area contributed by atoms with E-state index in [4.69, 9.17) is 8.83 Å². The number of rotatable bonds is 2. The highest BCUT2D eigenvalue weighted by molar-refractivity contribution is 5.72. The molecule has 0 aliphatic rings. The van der Waals surface area contributed by atoms with Gasteiger partial charge in [-0.1, -0.05) is 0 Å². The van der Waals surface area contributed by atoms with E-state index in [9.17, 15) is 29.8 Å². The van der Waals surface area contributed by atoms with Gasteiger partial charge in [0.15, 0.2) is 11.1 Å². The van der Waals surface area contributed by atoms with Crippen LogP contribution in [0.2, 0.25) is 0 Å². The van der Waals surface area contributed by atoms with Crippen LogP contribution in [-0.4, -0.2) is 9.97 Å². The molecule has 0 spiro atoms. The fraction of sp³-hybridized carbons (Fsp3) is 0. The maximum absolute atomic E-state index is 13.5. The topological polar surface area (TPSA) is 147 Å². The molecule has 8 nitrogen and oxygen atoms in total. The fourth-order valence-electron chi connectivity index (χ4n) is 3.01. The van der Waals surface area contributed by atoms with Gasteiger partial charge in [0.25, 0.3) is 0 Å². The van der Waals surface area contributed by atoms with Crippen molar-refractivity contribution in [3.05, 3.63) is 82.1 Å². The van der Waals surface area contributed by atoms with Crippen molar-refractivity contribution >= 4 is 11.1 Å². The van der Waals surface area contributed by atoms with Crippen molar-refractivity contribution in [2.45, 2.75) is 0 Å². The zero-order chi connectivity index (χ0) is 24.2. The summed E-state index contributed by atoms with van der Waals surface area (Å²) in [5.41, 5.74) is -0.837. The first-order valence-corrected chi connectivity index (χ1v) is 9.38. The largest absolute Gasteiger partial charge is 0.431 e. The second kappa shape index (κ2) is 8.88. The first-order valence-electron chi connectivity index (χ1n) is 9.38. The number of nitriles is 4. The van der Waals surface area contributed by atoms with Crippen molar-refractivity contribution in [3.8, 4) is 46.8 Å². The smallest absolute Gasteiger partial charge is 0.249 e. The molecule has 2 aromatic carbocycles. The molecule has 0 saturated carbocycles. The van der Waals surface area contributed by atoms with Gasteiger partial charge >= 0.3 is 0 Å². The van der Waals surface area contributed by atoms with Crippen LogP contribution in [0.1, 0.15) is 0 Å². The molecule has 0 aliphatic carbocycles. The third kappa shape index (κ3) is 3.87. The van der Waals surface area contributed by atoms with Crippen molar-refractivity contribution in [2.75, 3.05) is 0 Å². The van der Waals surface area contributed by atoms with Crippen LogP contribution >= 0.6 is 0 Å². The summed E-state index contributed by atoms with van der Waals surface area (Å²) in [6.07, 6.45) is 0. The summed E-state index contributed by atoms with van der Waals surface area (Å²) in [6.45, 7) is 0. The summed E-state index contributed by atoms with van der Waals surface area (Å²) >= 11 is 0. The average Bonchev–Trinajstić information content (AvgIpc) is 3.47. The lowest BCUT2D eigenvalue weighted by atomic mass is 10.1. The third-order valence-electron chi connectivity index (χ3n) is 4.57. The first kappa shape index (κ1) is 21.6. The Balaban J connectivity index is 2.28. The zero-order valence-corrected chi connectivity index (χ0v) is 16.9. The Bertz CT molecular complexity index is 1640. The van der Waals surface area contributed by atoms with Crippen LogP contribution < -0.4 is 11.1 Å². The summed E-state index contributed by atoms with van der Waals surface area (Å²) in [5.74, 6) is -1.02. The van der Waals surface area contributed by atoms with Crippen LogP contribution in [0.25, 0.3) is 33.7 Å². The van der Waals surface area contributed by atoms with Gasteiger partial charge in [-0.05, 0) is 48.5 Å². The highest BCUT2D eigenvalue weighted by Gasteiger charge is 2.17. The molecule has 2 heterocycles. The normalized spacial score (nSPS) is 11.0. The monoisotopic (exact) mass is 450 g/mol. The Labute approximate surface area is 189 Å². The lowest BCUT2D eigenvalue weighted by Gasteiger charge is -1.97. The van der Waals surface area contributed by atoms with Gasteiger partial charge in [0.1, 0.15) is 47.3 Å². The molecule has 0 amide bonds. The van der Waals surface area contributed by atoms with Crippen LogP contribution in [0.4, 0.5) is 8.78 Å². The van der Waals surface area contributed by atoms with Gasteiger partial charge in [0, 0.05) is 11.1 Å². The second-order valence-electron chi connectivity index (χ2n) is 6.60. The predicted molar refractivity (Wildman–Crippen MR) is 110 cm³/mol. The maximum Gasteiger partial charge on any atom is 0.249 e. The highest BCUT2D eigenvalue weighted by Crippen LogP contribution is 2.23. The molecular weight excluding hydrogens is 442 g/mol. The van der Waals surface area contributed by atoms with Gasteiger partial charge in [-0.15, -0.1) is 0 Å². The van der Waals surface area contributed by atoms with Crippen molar-refractivity contribution in [1.82, 2.24) is 9.97 Å². The maximum atomic E-state index is 13.5. The third-order valence-corrected chi connectivity index (χ3v) is 4.57. The van der Waals surface area contributed by atoms with Crippen LogP contribution in [0, 0.1) is 67.8 Å². The van der Waals surface area contributed by atoms with Gasteiger partial charge in [-0.25, -0.2) is 18.7 Å². The van der Waals surface area contributed by atoms with Gasteiger partial charge in [0.05, 0.1) is 0 Å². The molecule has 34 heavy (non-hydrogen) atoms. The van der Waals surface area contributed by atoms with Crippen LogP contribution in [0.15, 0.2) is 57.4 Å². The summed E-state index contributed by atoms with van der Waals surface area (Å²) in [5, 5.41) is 37.0. The second-order valence-corrected chi connectivity index (χ2v) is 6.60. The number of aromatic nitrogens is 2. The molecule has 10 heteroatoms. The molecule has 0 atom stereocenters. The molecule has 0 bridgehead atoms. The Hall–Kier alpha value is -5.58. The number of nitrogens with zero attached hydrogens (tertiary/aromatic N) is 6.